The van der Waals surface area contributed by atoms with Gasteiger partial charge in [0.2, 0.25) is 0 Å². The third-order valence-electron chi connectivity index (χ3n) is 3.95. The Morgan fingerprint density at radius 1 is 1.19 bits per heavy atom. The fraction of sp³-hybridized carbons (Fsp3) is 1.00. The Hall–Kier alpha value is -0.190. The number of hydrogen-bond acceptors (Lipinski definition) is 3. The van der Waals surface area contributed by atoms with Crippen LogP contribution in [0.1, 0.15) is 25.7 Å². The number of hydrogen-bond donors (Lipinski definition) is 1. The van der Waals surface area contributed by atoms with Gasteiger partial charge < -0.3 is 10.0 Å². The first-order valence-electron chi connectivity index (χ1n) is 6.35. The summed E-state index contributed by atoms with van der Waals surface area (Å²) in [5.41, 5.74) is -0.991. The van der Waals surface area contributed by atoms with E-state index in [1.807, 2.05) is 0 Å². The lowest BCUT2D eigenvalue weighted by molar-refractivity contribution is 0.00784. The quantitative estimate of drug-likeness (QED) is 0.763. The Balaban J connectivity index is 1.80. The molecule has 0 atom stereocenters. The molecular weight excluding hydrogens is 207 g/mol. The van der Waals surface area contributed by atoms with Gasteiger partial charge in [-0.1, -0.05) is 0 Å². The van der Waals surface area contributed by atoms with Crippen LogP contribution in [0.4, 0.5) is 4.39 Å². The summed E-state index contributed by atoms with van der Waals surface area (Å²) >= 11 is 0. The average Bonchev–Trinajstić information content (AvgIpc) is 2.27. The number of rotatable bonds is 2. The molecule has 94 valence electrons. The van der Waals surface area contributed by atoms with Crippen LogP contribution in [-0.4, -0.2) is 66.5 Å². The predicted octanol–water partition coefficient (Wildman–Crippen LogP) is 0.877. The Morgan fingerprint density at radius 2 is 1.75 bits per heavy atom. The van der Waals surface area contributed by atoms with Gasteiger partial charge in [-0.3, -0.25) is 4.90 Å². The Kier molecular flexibility index (Phi) is 3.82. The van der Waals surface area contributed by atoms with Gasteiger partial charge in [-0.2, -0.15) is 0 Å². The summed E-state index contributed by atoms with van der Waals surface area (Å²) in [6, 6.07) is 0. The van der Waals surface area contributed by atoms with E-state index in [-0.39, 0.29) is 6.10 Å². The second-order valence-corrected chi connectivity index (χ2v) is 5.46. The SMILES string of the molecule is CN1CCC(F)(CN2CCC(O)CC2)CC1. The van der Waals surface area contributed by atoms with Crippen molar-refractivity contribution >= 4 is 0 Å². The highest BCUT2D eigenvalue weighted by atomic mass is 19.1. The van der Waals surface area contributed by atoms with Crippen molar-refractivity contribution in [1.29, 1.82) is 0 Å². The van der Waals surface area contributed by atoms with Crippen molar-refractivity contribution < 1.29 is 9.50 Å². The van der Waals surface area contributed by atoms with Crippen LogP contribution in [0, 0.1) is 0 Å². The lowest BCUT2D eigenvalue weighted by Crippen LogP contribution is -2.49. The van der Waals surface area contributed by atoms with E-state index < -0.39 is 5.67 Å². The summed E-state index contributed by atoms with van der Waals surface area (Å²) in [5.74, 6) is 0. The normalized spacial score (nSPS) is 29.4. The number of piperidine rings is 2. The van der Waals surface area contributed by atoms with Crippen molar-refractivity contribution in [2.45, 2.75) is 37.5 Å². The van der Waals surface area contributed by atoms with E-state index >= 15 is 0 Å². The van der Waals surface area contributed by atoms with Crippen LogP contribution in [0.25, 0.3) is 0 Å². The smallest absolute Gasteiger partial charge is 0.126 e. The molecule has 2 aliphatic heterocycles. The van der Waals surface area contributed by atoms with Gasteiger partial charge >= 0.3 is 0 Å². The summed E-state index contributed by atoms with van der Waals surface area (Å²) in [6.45, 7) is 4.00. The van der Waals surface area contributed by atoms with Crippen molar-refractivity contribution in [3.05, 3.63) is 0 Å². The molecule has 0 unspecified atom stereocenters. The topological polar surface area (TPSA) is 26.7 Å². The van der Waals surface area contributed by atoms with Crippen LogP contribution < -0.4 is 0 Å². The number of alkyl halides is 1. The standard InChI is InChI=1S/C12H23FN2O/c1-14-8-4-12(13,5-9-14)10-15-6-2-11(16)3-7-15/h11,16H,2-10H2,1H3. The van der Waals surface area contributed by atoms with Crippen LogP contribution in [0.2, 0.25) is 0 Å². The maximum absolute atomic E-state index is 14.5. The molecule has 0 radical (unpaired) electrons. The van der Waals surface area contributed by atoms with Gasteiger partial charge in [-0.05, 0) is 32.7 Å². The first-order valence-corrected chi connectivity index (χ1v) is 6.35. The monoisotopic (exact) mass is 230 g/mol. The zero-order valence-corrected chi connectivity index (χ0v) is 10.2. The lowest BCUT2D eigenvalue weighted by atomic mass is 9.92. The molecule has 2 aliphatic rings. The first-order chi connectivity index (χ1) is 7.57. The van der Waals surface area contributed by atoms with E-state index in [1.54, 1.807) is 0 Å². The maximum Gasteiger partial charge on any atom is 0.126 e. The molecule has 0 saturated carbocycles. The number of halogens is 1. The molecule has 0 amide bonds. The second kappa shape index (κ2) is 4.98. The van der Waals surface area contributed by atoms with E-state index in [2.05, 4.69) is 16.8 Å². The zero-order valence-electron chi connectivity index (χ0n) is 10.2. The molecule has 0 bridgehead atoms. The van der Waals surface area contributed by atoms with Crippen molar-refractivity contribution in [2.24, 2.45) is 0 Å². The van der Waals surface area contributed by atoms with Gasteiger partial charge in [0.1, 0.15) is 5.67 Å². The fourth-order valence-corrected chi connectivity index (χ4v) is 2.66. The summed E-state index contributed by atoms with van der Waals surface area (Å²) in [5, 5.41) is 9.40. The fourth-order valence-electron chi connectivity index (χ4n) is 2.66. The lowest BCUT2D eigenvalue weighted by Gasteiger charge is -2.39. The summed E-state index contributed by atoms with van der Waals surface area (Å²) in [4.78, 5) is 4.37. The van der Waals surface area contributed by atoms with Gasteiger partial charge in [0, 0.05) is 32.7 Å². The van der Waals surface area contributed by atoms with Gasteiger partial charge in [-0.15, -0.1) is 0 Å². The molecule has 0 spiro atoms. The van der Waals surface area contributed by atoms with E-state index in [4.69, 9.17) is 0 Å². The van der Waals surface area contributed by atoms with Gasteiger partial charge in [0.15, 0.2) is 0 Å². The minimum absolute atomic E-state index is 0.163. The van der Waals surface area contributed by atoms with Gasteiger partial charge in [0.05, 0.1) is 6.10 Å². The Morgan fingerprint density at radius 3 is 2.31 bits per heavy atom. The number of nitrogens with zero attached hydrogens (tertiary/aromatic N) is 2. The van der Waals surface area contributed by atoms with Crippen LogP contribution in [-0.2, 0) is 0 Å². The highest BCUT2D eigenvalue weighted by Crippen LogP contribution is 2.28. The van der Waals surface area contributed by atoms with Crippen molar-refractivity contribution in [3.8, 4) is 0 Å². The molecule has 16 heavy (non-hydrogen) atoms. The Labute approximate surface area is 97.2 Å². The third-order valence-corrected chi connectivity index (χ3v) is 3.95. The van der Waals surface area contributed by atoms with Gasteiger partial charge in [-0.25, -0.2) is 4.39 Å². The third kappa shape index (κ3) is 3.15. The molecule has 0 aromatic rings. The van der Waals surface area contributed by atoms with Crippen LogP contribution in [0.5, 0.6) is 0 Å². The molecule has 2 heterocycles. The van der Waals surface area contributed by atoms with E-state index in [9.17, 15) is 9.50 Å². The minimum Gasteiger partial charge on any atom is -0.393 e. The largest absolute Gasteiger partial charge is 0.393 e. The van der Waals surface area contributed by atoms with E-state index in [0.717, 1.165) is 39.0 Å². The van der Waals surface area contributed by atoms with E-state index in [0.29, 0.717) is 19.4 Å². The highest BCUT2D eigenvalue weighted by molar-refractivity contribution is 4.89. The molecule has 1 N–H and O–H groups in total. The summed E-state index contributed by atoms with van der Waals surface area (Å²) < 4.78 is 14.5. The highest BCUT2D eigenvalue weighted by Gasteiger charge is 2.35. The van der Waals surface area contributed by atoms with Gasteiger partial charge in [0.25, 0.3) is 0 Å². The number of likely N-dealkylation sites (tertiary alicyclic amines) is 2. The van der Waals surface area contributed by atoms with Crippen molar-refractivity contribution in [2.75, 3.05) is 39.8 Å². The molecule has 0 aliphatic carbocycles. The van der Waals surface area contributed by atoms with Crippen molar-refractivity contribution in [1.82, 2.24) is 9.80 Å². The molecule has 3 nitrogen and oxygen atoms in total. The summed E-state index contributed by atoms with van der Waals surface area (Å²) in [6.07, 6.45) is 2.75. The first kappa shape index (κ1) is 12.3. The molecular formula is C12H23FN2O. The molecule has 2 rings (SSSR count). The molecule has 4 heteroatoms. The maximum atomic E-state index is 14.5. The molecule has 2 saturated heterocycles. The van der Waals surface area contributed by atoms with Crippen LogP contribution in [0.3, 0.4) is 0 Å². The minimum atomic E-state index is -0.991. The zero-order chi connectivity index (χ0) is 11.6. The van der Waals surface area contributed by atoms with Crippen LogP contribution >= 0.6 is 0 Å². The molecule has 0 aromatic carbocycles. The Bertz CT molecular complexity index is 221. The molecule has 2 fully saturated rings. The predicted molar refractivity (Wildman–Crippen MR) is 62.3 cm³/mol. The average molecular weight is 230 g/mol. The molecule has 0 aromatic heterocycles. The van der Waals surface area contributed by atoms with Crippen molar-refractivity contribution in [3.63, 3.8) is 0 Å². The second-order valence-electron chi connectivity index (χ2n) is 5.46. The van der Waals surface area contributed by atoms with Crippen LogP contribution in [0.15, 0.2) is 0 Å². The number of aliphatic hydroxyl groups is 1. The summed E-state index contributed by atoms with van der Waals surface area (Å²) in [7, 11) is 2.05. The number of aliphatic hydroxyl groups excluding tert-OH is 1. The van der Waals surface area contributed by atoms with E-state index in [1.165, 1.54) is 0 Å².